The van der Waals surface area contributed by atoms with E-state index >= 15 is 0 Å². The zero-order valence-electron chi connectivity index (χ0n) is 13.1. The number of rotatable bonds is 0. The minimum atomic E-state index is -0.372. The molecule has 1 saturated carbocycles. The smallest absolute Gasteiger partial charge is 0.164 e. The van der Waals surface area contributed by atoms with E-state index in [9.17, 15) is 9.59 Å². The molecule has 3 aliphatic carbocycles. The molecule has 2 nitrogen and oxygen atoms in total. The number of carbonyl (C=O) groups is 2. The van der Waals surface area contributed by atoms with Gasteiger partial charge < -0.3 is 0 Å². The Balaban J connectivity index is 1.99. The van der Waals surface area contributed by atoms with Crippen molar-refractivity contribution in [3.63, 3.8) is 0 Å². The van der Waals surface area contributed by atoms with Crippen LogP contribution in [0.15, 0.2) is 23.3 Å². The van der Waals surface area contributed by atoms with Crippen LogP contribution in [0.5, 0.6) is 0 Å². The predicted octanol–water partition coefficient (Wildman–Crippen LogP) is 4.01. The molecule has 1 atom stereocenters. The summed E-state index contributed by atoms with van der Waals surface area (Å²) in [6, 6.07) is 0. The summed E-state index contributed by atoms with van der Waals surface area (Å²) in [6.07, 6.45) is 3.92. The lowest BCUT2D eigenvalue weighted by atomic mass is 9.67. The highest BCUT2D eigenvalue weighted by molar-refractivity contribution is 6.04. The SMILES string of the molecule is C=C1CC(C)(C)C(=O)C12CCC1=C(CC(C)(C)C1=O)C2. The monoisotopic (exact) mass is 272 g/mol. The maximum Gasteiger partial charge on any atom is 0.164 e. The molecule has 0 N–H and O–H groups in total. The Morgan fingerprint density at radius 2 is 1.60 bits per heavy atom. The Kier molecular flexibility index (Phi) is 2.56. The molecule has 1 spiro atoms. The van der Waals surface area contributed by atoms with Gasteiger partial charge in [0.15, 0.2) is 5.78 Å². The first-order valence-electron chi connectivity index (χ1n) is 7.59. The normalized spacial score (nSPS) is 35.1. The summed E-state index contributed by atoms with van der Waals surface area (Å²) in [5.41, 5.74) is 2.42. The molecule has 1 unspecified atom stereocenters. The molecule has 0 aromatic carbocycles. The van der Waals surface area contributed by atoms with Crippen molar-refractivity contribution in [2.45, 2.75) is 59.8 Å². The van der Waals surface area contributed by atoms with Crippen molar-refractivity contribution in [3.8, 4) is 0 Å². The third kappa shape index (κ3) is 1.57. The van der Waals surface area contributed by atoms with Crippen LogP contribution in [0.2, 0.25) is 0 Å². The minimum Gasteiger partial charge on any atom is -0.298 e. The Morgan fingerprint density at radius 3 is 2.15 bits per heavy atom. The van der Waals surface area contributed by atoms with Gasteiger partial charge in [0.2, 0.25) is 0 Å². The van der Waals surface area contributed by atoms with E-state index in [1.54, 1.807) is 0 Å². The first kappa shape index (κ1) is 13.8. The molecule has 20 heavy (non-hydrogen) atoms. The molecule has 0 saturated heterocycles. The van der Waals surface area contributed by atoms with Crippen LogP contribution in [0.3, 0.4) is 0 Å². The molecule has 0 heterocycles. The van der Waals surface area contributed by atoms with Crippen LogP contribution < -0.4 is 0 Å². The molecule has 2 heteroatoms. The first-order chi connectivity index (χ1) is 9.10. The minimum absolute atomic E-state index is 0.269. The number of allylic oxidation sites excluding steroid dienone is 3. The molecule has 108 valence electrons. The lowest BCUT2D eigenvalue weighted by molar-refractivity contribution is -0.132. The van der Waals surface area contributed by atoms with Gasteiger partial charge in [0.25, 0.3) is 0 Å². The first-order valence-corrected chi connectivity index (χ1v) is 7.59. The van der Waals surface area contributed by atoms with E-state index in [1.165, 1.54) is 5.57 Å². The van der Waals surface area contributed by atoms with Crippen LogP contribution in [0, 0.1) is 16.2 Å². The molecule has 3 aliphatic rings. The Hall–Kier alpha value is -1.18. The second-order valence-corrected chi connectivity index (χ2v) is 8.22. The van der Waals surface area contributed by atoms with Gasteiger partial charge in [0.1, 0.15) is 5.78 Å². The molecule has 0 bridgehead atoms. The van der Waals surface area contributed by atoms with Gasteiger partial charge in [-0.05, 0) is 37.7 Å². The van der Waals surface area contributed by atoms with E-state index in [1.807, 2.05) is 27.7 Å². The molecule has 1 fully saturated rings. The number of carbonyl (C=O) groups excluding carboxylic acids is 2. The summed E-state index contributed by atoms with van der Waals surface area (Å²) in [5.74, 6) is 0.649. The standard InChI is InChI=1S/C18H24O2/c1-11-8-17(4,5)15(20)18(11)7-6-13-12(10-18)9-16(2,3)14(13)19/h1,6-10H2,2-5H3. The second kappa shape index (κ2) is 3.72. The molecule has 3 rings (SSSR count). The molecule has 0 amide bonds. The lowest BCUT2D eigenvalue weighted by Crippen LogP contribution is -2.35. The van der Waals surface area contributed by atoms with Crippen molar-refractivity contribution in [3.05, 3.63) is 23.3 Å². The highest BCUT2D eigenvalue weighted by Crippen LogP contribution is 2.59. The van der Waals surface area contributed by atoms with Gasteiger partial charge in [0.05, 0.1) is 5.41 Å². The van der Waals surface area contributed by atoms with Crippen LogP contribution in [0.1, 0.15) is 59.8 Å². The van der Waals surface area contributed by atoms with E-state index in [-0.39, 0.29) is 16.2 Å². The van der Waals surface area contributed by atoms with E-state index in [2.05, 4.69) is 6.58 Å². The highest BCUT2D eigenvalue weighted by atomic mass is 16.1. The van der Waals surface area contributed by atoms with Gasteiger partial charge >= 0.3 is 0 Å². The van der Waals surface area contributed by atoms with Gasteiger partial charge in [-0.1, -0.05) is 45.4 Å². The fraction of sp³-hybridized carbons (Fsp3) is 0.667. The molecular formula is C18H24O2. The molecule has 0 aromatic rings. The summed E-state index contributed by atoms with van der Waals surface area (Å²) in [4.78, 5) is 25.3. The molecule has 0 radical (unpaired) electrons. The van der Waals surface area contributed by atoms with Crippen molar-refractivity contribution in [2.24, 2.45) is 16.2 Å². The number of ketones is 2. The average Bonchev–Trinajstić information content (AvgIpc) is 2.65. The van der Waals surface area contributed by atoms with Crippen LogP contribution in [0.4, 0.5) is 0 Å². The molecule has 0 aromatic heterocycles. The maximum atomic E-state index is 12.9. The molecule has 0 aliphatic heterocycles. The van der Waals surface area contributed by atoms with Crippen molar-refractivity contribution in [1.29, 1.82) is 0 Å². The average molecular weight is 272 g/mol. The van der Waals surface area contributed by atoms with E-state index in [0.29, 0.717) is 11.6 Å². The Morgan fingerprint density at radius 1 is 0.950 bits per heavy atom. The fourth-order valence-corrected chi connectivity index (χ4v) is 4.63. The van der Waals surface area contributed by atoms with Crippen LogP contribution in [0.25, 0.3) is 0 Å². The van der Waals surface area contributed by atoms with Gasteiger partial charge in [-0.15, -0.1) is 0 Å². The largest absolute Gasteiger partial charge is 0.298 e. The zero-order valence-corrected chi connectivity index (χ0v) is 13.1. The van der Waals surface area contributed by atoms with Crippen LogP contribution in [-0.4, -0.2) is 11.6 Å². The third-order valence-electron chi connectivity index (χ3n) is 5.67. The summed E-state index contributed by atoms with van der Waals surface area (Å²) in [6.45, 7) is 12.3. The molecular weight excluding hydrogens is 248 g/mol. The van der Waals surface area contributed by atoms with E-state index in [0.717, 1.165) is 43.3 Å². The van der Waals surface area contributed by atoms with E-state index in [4.69, 9.17) is 0 Å². The number of hydrogen-bond acceptors (Lipinski definition) is 2. The van der Waals surface area contributed by atoms with Crippen LogP contribution >= 0.6 is 0 Å². The van der Waals surface area contributed by atoms with Crippen molar-refractivity contribution < 1.29 is 9.59 Å². The maximum absolute atomic E-state index is 12.9. The highest BCUT2D eigenvalue weighted by Gasteiger charge is 2.57. The topological polar surface area (TPSA) is 34.1 Å². The third-order valence-corrected chi connectivity index (χ3v) is 5.67. The lowest BCUT2D eigenvalue weighted by Gasteiger charge is -2.35. The number of hydrogen-bond donors (Lipinski definition) is 0. The Bertz CT molecular complexity index is 574. The van der Waals surface area contributed by atoms with Gasteiger partial charge in [0, 0.05) is 10.8 Å². The van der Waals surface area contributed by atoms with Crippen molar-refractivity contribution >= 4 is 11.6 Å². The summed E-state index contributed by atoms with van der Waals surface area (Å²) in [5, 5.41) is 0. The van der Waals surface area contributed by atoms with E-state index < -0.39 is 0 Å². The van der Waals surface area contributed by atoms with Crippen LogP contribution in [-0.2, 0) is 9.59 Å². The van der Waals surface area contributed by atoms with Gasteiger partial charge in [-0.3, -0.25) is 9.59 Å². The number of Topliss-reactive ketones (excluding diaryl/α,β-unsaturated/α-hetero) is 2. The predicted molar refractivity (Wildman–Crippen MR) is 79.3 cm³/mol. The quantitative estimate of drug-likeness (QED) is 0.624. The van der Waals surface area contributed by atoms with Crippen molar-refractivity contribution in [1.82, 2.24) is 0 Å². The van der Waals surface area contributed by atoms with Gasteiger partial charge in [-0.25, -0.2) is 0 Å². The van der Waals surface area contributed by atoms with Gasteiger partial charge in [-0.2, -0.15) is 0 Å². The fourth-order valence-electron chi connectivity index (χ4n) is 4.63. The summed E-state index contributed by atoms with van der Waals surface area (Å²) >= 11 is 0. The van der Waals surface area contributed by atoms with Crippen molar-refractivity contribution in [2.75, 3.05) is 0 Å². The summed E-state index contributed by atoms with van der Waals surface area (Å²) in [7, 11) is 0. The Labute approximate surface area is 121 Å². The zero-order chi connectivity index (χ0) is 14.9. The summed E-state index contributed by atoms with van der Waals surface area (Å²) < 4.78 is 0. The second-order valence-electron chi connectivity index (χ2n) is 8.22.